The summed E-state index contributed by atoms with van der Waals surface area (Å²) in [7, 11) is -1.63. The van der Waals surface area contributed by atoms with E-state index in [9.17, 15) is 9.59 Å². The Bertz CT molecular complexity index is 1410. The van der Waals surface area contributed by atoms with Gasteiger partial charge in [-0.05, 0) is 75.2 Å². The normalized spacial score (nSPS) is 13.8. The predicted molar refractivity (Wildman–Crippen MR) is 145 cm³/mol. The van der Waals surface area contributed by atoms with E-state index in [0.717, 1.165) is 46.3 Å². The molecule has 1 atom stereocenters. The van der Waals surface area contributed by atoms with Crippen LogP contribution in [0, 0.1) is 11.5 Å². The first-order valence-electron chi connectivity index (χ1n) is 12.2. The van der Waals surface area contributed by atoms with Crippen LogP contribution in [0.25, 0.3) is 16.5 Å². The minimum absolute atomic E-state index is 0.105. The van der Waals surface area contributed by atoms with E-state index in [2.05, 4.69) is 42.5 Å². The highest BCUT2D eigenvalue weighted by molar-refractivity contribution is 6.83. The van der Waals surface area contributed by atoms with Crippen molar-refractivity contribution in [1.82, 2.24) is 9.88 Å². The largest absolute Gasteiger partial charge is 0.444 e. The molecule has 0 radical (unpaired) electrons. The highest BCUT2D eigenvalue weighted by Gasteiger charge is 2.29. The summed E-state index contributed by atoms with van der Waals surface area (Å²) in [5.74, 6) is 3.34. The number of carbonyl (C=O) groups excluding carboxylic acids is 1. The number of hydrogen-bond donors (Lipinski definition) is 1. The smallest absolute Gasteiger partial charge is 0.408 e. The van der Waals surface area contributed by atoms with Crippen LogP contribution in [-0.2, 0) is 17.6 Å². The standard InChI is InChI=1S/C29H34N2O3Si/c1-19(30-28(33)34-29(2,3)4)26-23-16-15-20-13-14-21(17-18-35(5,6)7)25(24(20)23)27(32)31(26)22-11-9-8-10-12-22/h8-14,19H,15-16H2,1-7H3,(H,30,33)/t19-/m0/s1. The number of carbonyl (C=O) groups is 1. The summed E-state index contributed by atoms with van der Waals surface area (Å²) in [6, 6.07) is 13.3. The van der Waals surface area contributed by atoms with Gasteiger partial charge < -0.3 is 10.1 Å². The molecule has 1 aromatic heterocycles. The van der Waals surface area contributed by atoms with Crippen LogP contribution in [-0.4, -0.2) is 24.3 Å². The van der Waals surface area contributed by atoms with Gasteiger partial charge in [-0.15, -0.1) is 5.54 Å². The summed E-state index contributed by atoms with van der Waals surface area (Å²) >= 11 is 0. The zero-order valence-electron chi connectivity index (χ0n) is 21.7. The van der Waals surface area contributed by atoms with Crippen molar-refractivity contribution in [2.24, 2.45) is 0 Å². The van der Waals surface area contributed by atoms with Crippen LogP contribution in [0.2, 0.25) is 19.6 Å². The van der Waals surface area contributed by atoms with Crippen molar-refractivity contribution in [3.8, 4) is 17.2 Å². The van der Waals surface area contributed by atoms with Gasteiger partial charge in [0.05, 0.1) is 17.1 Å². The van der Waals surface area contributed by atoms with Crippen molar-refractivity contribution < 1.29 is 9.53 Å². The molecule has 1 N–H and O–H groups in total. The molecule has 0 bridgehead atoms. The summed E-state index contributed by atoms with van der Waals surface area (Å²) in [6.45, 7) is 14.0. The van der Waals surface area contributed by atoms with E-state index in [-0.39, 0.29) is 5.56 Å². The Balaban J connectivity index is 2.00. The SMILES string of the molecule is C[C@H](NC(=O)OC(C)(C)C)c1c2c3c(ccc(C#C[Si](C)(C)C)c3c(=O)n1-c1ccccc1)CC2. The molecule has 5 nitrogen and oxygen atoms in total. The Hall–Kier alpha value is -3.30. The van der Waals surface area contributed by atoms with Gasteiger partial charge in [0.25, 0.3) is 5.56 Å². The number of rotatable bonds is 3. The first-order valence-corrected chi connectivity index (χ1v) is 15.7. The molecule has 1 aliphatic rings. The quantitative estimate of drug-likeness (QED) is 0.370. The highest BCUT2D eigenvalue weighted by atomic mass is 28.3. The Labute approximate surface area is 208 Å². The molecule has 4 rings (SSSR count). The Morgan fingerprint density at radius 1 is 1.06 bits per heavy atom. The highest BCUT2D eigenvalue weighted by Crippen LogP contribution is 2.36. The molecule has 0 unspecified atom stereocenters. The van der Waals surface area contributed by atoms with E-state index in [1.807, 2.05) is 64.1 Å². The number of hydrogen-bond acceptors (Lipinski definition) is 3. The van der Waals surface area contributed by atoms with Crippen LogP contribution >= 0.6 is 0 Å². The maximum atomic E-state index is 14.2. The number of amides is 1. The fraction of sp³-hybridized carbons (Fsp3) is 0.379. The molecular weight excluding hydrogens is 452 g/mol. The van der Waals surface area contributed by atoms with Gasteiger partial charge in [0.2, 0.25) is 0 Å². The van der Waals surface area contributed by atoms with Gasteiger partial charge >= 0.3 is 6.09 Å². The lowest BCUT2D eigenvalue weighted by molar-refractivity contribution is 0.0506. The van der Waals surface area contributed by atoms with Crippen molar-refractivity contribution >= 4 is 24.9 Å². The van der Waals surface area contributed by atoms with Crippen LogP contribution in [0.15, 0.2) is 47.3 Å². The topological polar surface area (TPSA) is 60.3 Å². The fourth-order valence-electron chi connectivity index (χ4n) is 4.62. The average Bonchev–Trinajstić information content (AvgIpc) is 3.17. The summed E-state index contributed by atoms with van der Waals surface area (Å²) in [5, 5.41) is 4.65. The number of pyridine rings is 1. The zero-order valence-corrected chi connectivity index (χ0v) is 22.7. The number of benzene rings is 2. The number of nitrogens with zero attached hydrogens (tertiary/aromatic N) is 1. The molecular formula is C29H34N2O3Si. The zero-order chi connectivity index (χ0) is 25.5. The van der Waals surface area contributed by atoms with Gasteiger partial charge in [-0.1, -0.05) is 49.8 Å². The third-order valence-corrected chi connectivity index (χ3v) is 6.81. The van der Waals surface area contributed by atoms with E-state index in [1.54, 1.807) is 4.57 Å². The third kappa shape index (κ3) is 5.20. The summed E-state index contributed by atoms with van der Waals surface area (Å²) in [6.07, 6.45) is 1.16. The van der Waals surface area contributed by atoms with Crippen LogP contribution in [0.3, 0.4) is 0 Å². The van der Waals surface area contributed by atoms with Crippen molar-refractivity contribution in [1.29, 1.82) is 0 Å². The molecule has 0 saturated carbocycles. The fourth-order valence-corrected chi connectivity index (χ4v) is 5.13. The lowest BCUT2D eigenvalue weighted by Gasteiger charge is -2.26. The minimum atomic E-state index is -1.63. The molecule has 0 saturated heterocycles. The maximum Gasteiger partial charge on any atom is 0.408 e. The predicted octanol–water partition coefficient (Wildman–Crippen LogP) is 5.90. The van der Waals surface area contributed by atoms with Crippen LogP contribution in [0.1, 0.15) is 56.1 Å². The summed E-state index contributed by atoms with van der Waals surface area (Å²) < 4.78 is 7.27. The Kier molecular flexibility index (Phi) is 6.41. The van der Waals surface area contributed by atoms with E-state index >= 15 is 0 Å². The maximum absolute atomic E-state index is 14.2. The lowest BCUT2D eigenvalue weighted by atomic mass is 9.97. The molecule has 6 heteroatoms. The summed E-state index contributed by atoms with van der Waals surface area (Å²) in [5.41, 5.74) is 7.32. The first-order chi connectivity index (χ1) is 16.4. The van der Waals surface area contributed by atoms with Gasteiger partial charge in [-0.2, -0.15) is 0 Å². The van der Waals surface area contributed by atoms with Gasteiger partial charge in [0.15, 0.2) is 0 Å². The third-order valence-electron chi connectivity index (χ3n) is 5.93. The average molecular weight is 487 g/mol. The van der Waals surface area contributed by atoms with Gasteiger partial charge in [-0.25, -0.2) is 4.79 Å². The van der Waals surface area contributed by atoms with Gasteiger partial charge in [0, 0.05) is 11.3 Å². The molecule has 0 fully saturated rings. The molecule has 0 spiro atoms. The number of ether oxygens (including phenoxy) is 1. The Morgan fingerprint density at radius 2 is 1.74 bits per heavy atom. The first kappa shape index (κ1) is 24.8. The van der Waals surface area contributed by atoms with Crippen molar-refractivity contribution in [2.75, 3.05) is 0 Å². The van der Waals surface area contributed by atoms with Crippen molar-refractivity contribution in [3.05, 3.63) is 75.2 Å². The molecule has 3 aromatic rings. The molecule has 182 valence electrons. The number of aryl methyl sites for hydroxylation is 2. The van der Waals surface area contributed by atoms with E-state index in [4.69, 9.17) is 4.74 Å². The number of nitrogens with one attached hydrogen (secondary N) is 1. The summed E-state index contributed by atoms with van der Waals surface area (Å²) in [4.78, 5) is 26.9. The second-order valence-corrected chi connectivity index (χ2v) is 16.0. The number of alkyl carbamates (subject to hydrolysis) is 1. The van der Waals surface area contributed by atoms with Gasteiger partial charge in [0.1, 0.15) is 13.7 Å². The molecule has 0 aliphatic heterocycles. The van der Waals surface area contributed by atoms with Crippen LogP contribution in [0.4, 0.5) is 4.79 Å². The lowest BCUT2D eigenvalue weighted by Crippen LogP contribution is -2.37. The minimum Gasteiger partial charge on any atom is -0.444 e. The van der Waals surface area contributed by atoms with Crippen LogP contribution in [0.5, 0.6) is 0 Å². The number of para-hydroxylation sites is 1. The van der Waals surface area contributed by atoms with E-state index < -0.39 is 25.8 Å². The van der Waals surface area contributed by atoms with Crippen molar-refractivity contribution in [3.63, 3.8) is 0 Å². The molecule has 1 amide bonds. The monoisotopic (exact) mass is 486 g/mol. The second-order valence-electron chi connectivity index (χ2n) is 11.2. The van der Waals surface area contributed by atoms with E-state index in [0.29, 0.717) is 5.39 Å². The van der Waals surface area contributed by atoms with Crippen molar-refractivity contribution in [2.45, 2.75) is 71.8 Å². The van der Waals surface area contributed by atoms with Crippen LogP contribution < -0.4 is 10.9 Å². The molecule has 2 aromatic carbocycles. The number of aromatic nitrogens is 1. The molecule has 1 aliphatic carbocycles. The second kappa shape index (κ2) is 9.05. The molecule has 1 heterocycles. The molecule has 35 heavy (non-hydrogen) atoms. The Morgan fingerprint density at radius 3 is 2.37 bits per heavy atom. The van der Waals surface area contributed by atoms with E-state index in [1.165, 1.54) is 0 Å². The van der Waals surface area contributed by atoms with Gasteiger partial charge in [-0.3, -0.25) is 9.36 Å².